The molecule has 4 aromatic carbocycles. The first-order valence-electron chi connectivity index (χ1n) is 19.7. The molecule has 2 radical (unpaired) electrons. The molecule has 2 unspecified atom stereocenters. The van der Waals surface area contributed by atoms with Gasteiger partial charge in [0.2, 0.25) is 0 Å². The fraction of sp³-hybridized carbons (Fsp3) is 0.311. The summed E-state index contributed by atoms with van der Waals surface area (Å²) in [7, 11) is 0. The Morgan fingerprint density at radius 2 is 0.926 bits per heavy atom. The Morgan fingerprint density at radius 1 is 0.632 bits per heavy atom. The molecule has 360 valence electrons. The molecule has 0 aliphatic heterocycles. The van der Waals surface area contributed by atoms with Gasteiger partial charge in [-0.3, -0.25) is 17.4 Å². The van der Waals surface area contributed by atoms with E-state index in [1.54, 1.807) is 0 Å². The topological polar surface area (TPSA) is 329 Å². The van der Waals surface area contributed by atoms with Gasteiger partial charge in [-0.1, -0.05) is 97.1 Å². The zero-order valence-electron chi connectivity index (χ0n) is 37.4. The van der Waals surface area contributed by atoms with E-state index in [9.17, 15) is 34.2 Å². The number of Topliss-reactive ketones (excluding diaryl/α,β-unsaturated/α-hetero) is 2. The van der Waals surface area contributed by atoms with Crippen molar-refractivity contribution in [2.45, 2.75) is 70.9 Å². The molecule has 0 spiro atoms. The summed E-state index contributed by atoms with van der Waals surface area (Å²) in [5.74, 6) is -1.53. The number of fused-ring (bicyclic) bond motifs is 6. The van der Waals surface area contributed by atoms with Crippen LogP contribution in [0.5, 0.6) is 0 Å². The summed E-state index contributed by atoms with van der Waals surface area (Å²) >= 11 is 0. The average molecular weight is 1100 g/mol. The van der Waals surface area contributed by atoms with Crippen LogP contribution in [0, 0.1) is 20.2 Å². The van der Waals surface area contributed by atoms with Gasteiger partial charge in [0.1, 0.15) is 30.8 Å². The monoisotopic (exact) mass is 1100 g/mol. The molecule has 0 heterocycles. The molecule has 4 aromatic rings. The summed E-state index contributed by atoms with van der Waals surface area (Å²) < 4.78 is 10.7. The number of carbonyl (C=O) groups excluding carboxylic acids is 6. The number of nitrogens with one attached hydrogen (secondary N) is 2. The number of ether oxygens (including phenoxy) is 2. The van der Waals surface area contributed by atoms with Crippen molar-refractivity contribution in [1.82, 2.24) is 10.6 Å². The third-order valence-corrected chi connectivity index (χ3v) is 9.14. The molecule has 0 saturated heterocycles. The maximum atomic E-state index is 12.1. The Morgan fingerprint density at radius 3 is 1.19 bits per heavy atom. The molecule has 23 heteroatoms. The molecular weight excluding hydrogens is 1050 g/mol. The van der Waals surface area contributed by atoms with E-state index in [1.807, 2.05) is 84.9 Å². The number of carbonyl (C=O) groups is 5. The maximum Gasteiger partial charge on any atom is 0.407 e. The van der Waals surface area contributed by atoms with Crippen molar-refractivity contribution in [2.24, 2.45) is 0 Å². The first kappa shape index (κ1) is 64.2. The summed E-state index contributed by atoms with van der Waals surface area (Å²) in [5.41, 5.74) is 9.00. The number of hydrogen-bond acceptors (Lipinski definition) is 14. The summed E-state index contributed by atoms with van der Waals surface area (Å²) in [6, 6.07) is 30.4. The van der Waals surface area contributed by atoms with E-state index in [-0.39, 0.29) is 128 Å². The first-order chi connectivity index (χ1) is 31.4. The van der Waals surface area contributed by atoms with Crippen LogP contribution in [0.4, 0.5) is 9.59 Å². The Labute approximate surface area is 441 Å². The molecular formula is C45H50N4O17Y2-2. The number of amides is 2. The third kappa shape index (κ3) is 23.2. The molecule has 2 amide bonds. The second-order valence-corrected chi connectivity index (χ2v) is 13.7. The third-order valence-electron chi connectivity index (χ3n) is 9.14. The van der Waals surface area contributed by atoms with Crippen LogP contribution in [-0.2, 0) is 98.9 Å². The fourth-order valence-corrected chi connectivity index (χ4v) is 6.70. The smallest absolute Gasteiger partial charge is 0.407 e. The van der Waals surface area contributed by atoms with Crippen LogP contribution >= 0.6 is 0 Å². The van der Waals surface area contributed by atoms with E-state index in [1.165, 1.54) is 40.3 Å². The number of alkyl carbamates (subject to hydrolysis) is 2. The van der Waals surface area contributed by atoms with Crippen LogP contribution in [0.2, 0.25) is 0 Å². The number of rotatable bonds is 13. The van der Waals surface area contributed by atoms with E-state index in [2.05, 4.69) is 22.8 Å². The Hall–Kier alpha value is -5.86. The van der Waals surface area contributed by atoms with E-state index in [4.69, 9.17) is 49.7 Å². The van der Waals surface area contributed by atoms with Crippen LogP contribution in [0.25, 0.3) is 22.3 Å². The standard InChI is InChI=1S/C21H21NO5.C20H21NO4.2C2H3O.2HNO3.2Y/c1-13(23)10-11-19(20(24)25)22-21(26)27-12-18-16-8-4-2-6-14(16)15-7-3-5-9-17(15)18;1-13(23)10-14(11-22)21-20(24)25-12-19-17-8-4-2-6-15(17)16-7-3-5-9-18(16)19;2*1-2-3;2*2-1(3)4;;/h2-9,18-19H,10-12H2,1H3,(H,22,26)(H,24,25);2-9,14,19,22H,10-12H2,1H3,(H,21,24);2*1H3;2*(H,2,3,4);;/q;;2*-1;;;;. The number of carboxylic acid groups (broad SMARTS) is 1. The van der Waals surface area contributed by atoms with Crippen molar-refractivity contribution in [3.8, 4) is 22.3 Å². The van der Waals surface area contributed by atoms with Crippen LogP contribution in [0.15, 0.2) is 97.1 Å². The minimum absolute atomic E-state index is 0. The van der Waals surface area contributed by atoms with Gasteiger partial charge >= 0.3 is 18.2 Å². The van der Waals surface area contributed by atoms with Gasteiger partial charge in [0, 0.05) is 90.1 Å². The number of ketones is 2. The first-order valence-corrected chi connectivity index (χ1v) is 19.7. The molecule has 2 aliphatic rings. The van der Waals surface area contributed by atoms with Gasteiger partial charge in [0.25, 0.3) is 10.2 Å². The van der Waals surface area contributed by atoms with Crippen molar-refractivity contribution >= 4 is 42.3 Å². The SMILES string of the molecule is CC(=O)CC(CO)NC(=O)OCC1c2ccccc2-c2ccccc21.CC(=O)CCC(NC(=O)OCC1c2ccccc2-c2ccccc21)C(=O)O.C[C-]=O.C[C-]=O.O=[N+]([O-])O.O=[N+]([O-])O.[Y].[Y]. The number of aliphatic hydroxyl groups excluding tert-OH is 1. The molecule has 2 atom stereocenters. The van der Waals surface area contributed by atoms with Crippen molar-refractivity contribution in [2.75, 3.05) is 19.8 Å². The molecule has 0 aromatic heterocycles. The Bertz CT molecular complexity index is 2160. The molecule has 0 bridgehead atoms. The summed E-state index contributed by atoms with van der Waals surface area (Å²) in [4.78, 5) is 91.6. The number of aliphatic hydroxyl groups is 1. The van der Waals surface area contributed by atoms with Crippen LogP contribution in [-0.4, -0.2) is 105 Å². The van der Waals surface area contributed by atoms with Gasteiger partial charge < -0.3 is 55.1 Å². The zero-order chi connectivity index (χ0) is 49.8. The second-order valence-electron chi connectivity index (χ2n) is 13.7. The van der Waals surface area contributed by atoms with E-state index >= 15 is 0 Å². The minimum Gasteiger partial charge on any atom is -0.542 e. The largest absolute Gasteiger partial charge is 0.542 e. The predicted octanol–water partition coefficient (Wildman–Crippen LogP) is 5.74. The van der Waals surface area contributed by atoms with Crippen molar-refractivity contribution < 1.29 is 139 Å². The summed E-state index contributed by atoms with van der Waals surface area (Å²) in [6.07, 6.45) is 1.78. The molecule has 0 fully saturated rings. The molecule has 0 saturated carbocycles. The van der Waals surface area contributed by atoms with E-state index in [0.29, 0.717) is 0 Å². The number of nitrogens with zero attached hydrogens (tertiary/aromatic N) is 2. The maximum absolute atomic E-state index is 12.1. The Kier molecular flexibility index (Phi) is 33.3. The van der Waals surface area contributed by atoms with Gasteiger partial charge in [-0.05, 0) is 64.8 Å². The van der Waals surface area contributed by atoms with Crippen molar-refractivity contribution in [3.63, 3.8) is 0 Å². The molecule has 21 nitrogen and oxygen atoms in total. The number of carboxylic acids is 1. The van der Waals surface area contributed by atoms with Crippen LogP contribution in [0.3, 0.4) is 0 Å². The van der Waals surface area contributed by atoms with Crippen molar-refractivity contribution in [1.29, 1.82) is 0 Å². The van der Waals surface area contributed by atoms with Crippen LogP contribution < -0.4 is 10.6 Å². The summed E-state index contributed by atoms with van der Waals surface area (Å²) in [5, 5.41) is 50.6. The van der Waals surface area contributed by atoms with Crippen molar-refractivity contribution in [3.05, 3.63) is 140 Å². The zero-order valence-corrected chi connectivity index (χ0v) is 43.1. The average Bonchev–Trinajstić information content (AvgIpc) is 3.75. The quantitative estimate of drug-likeness (QED) is 0.0528. The number of hydrogen-bond donors (Lipinski definition) is 6. The number of aliphatic carboxylic acids is 1. The Balaban J connectivity index is 0. The minimum atomic E-state index is -1.50. The normalized spacial score (nSPS) is 11.4. The summed E-state index contributed by atoms with van der Waals surface area (Å²) in [6.45, 7) is 5.45. The van der Waals surface area contributed by atoms with Gasteiger partial charge in [-0.15, -0.1) is 20.2 Å². The van der Waals surface area contributed by atoms with Gasteiger partial charge in [0.05, 0.1) is 12.6 Å². The second kappa shape index (κ2) is 35.3. The van der Waals surface area contributed by atoms with E-state index < -0.39 is 40.4 Å². The molecule has 68 heavy (non-hydrogen) atoms. The fourth-order valence-electron chi connectivity index (χ4n) is 6.70. The molecule has 6 rings (SSSR count). The van der Waals surface area contributed by atoms with Gasteiger partial charge in [-0.25, -0.2) is 14.4 Å². The van der Waals surface area contributed by atoms with Crippen LogP contribution in [0.1, 0.15) is 81.0 Å². The number of benzene rings is 4. The van der Waals surface area contributed by atoms with E-state index in [0.717, 1.165) is 44.5 Å². The predicted molar refractivity (Wildman–Crippen MR) is 234 cm³/mol. The van der Waals surface area contributed by atoms with Gasteiger partial charge in [-0.2, -0.15) is 13.8 Å². The molecule has 6 N–H and O–H groups in total. The molecule has 2 aliphatic carbocycles. The van der Waals surface area contributed by atoms with Gasteiger partial charge in [0.15, 0.2) is 0 Å².